The van der Waals surface area contributed by atoms with Gasteiger partial charge in [-0.1, -0.05) is 6.92 Å². The highest BCUT2D eigenvalue weighted by atomic mass is 19.1. The second-order valence-corrected chi connectivity index (χ2v) is 3.64. The largest absolute Gasteiger partial charge is 0.385 e. The van der Waals surface area contributed by atoms with Gasteiger partial charge in [0.15, 0.2) is 0 Å². The van der Waals surface area contributed by atoms with Gasteiger partial charge in [-0.05, 0) is 25.3 Å². The monoisotopic (exact) mass is 175 g/mol. The lowest BCUT2D eigenvalue weighted by atomic mass is 9.88. The van der Waals surface area contributed by atoms with Crippen molar-refractivity contribution < 1.29 is 9.13 Å². The summed E-state index contributed by atoms with van der Waals surface area (Å²) in [5, 5.41) is 3.05. The van der Waals surface area contributed by atoms with Crippen molar-refractivity contribution in [1.82, 2.24) is 5.32 Å². The van der Waals surface area contributed by atoms with E-state index in [4.69, 9.17) is 4.74 Å². The first-order chi connectivity index (χ1) is 5.69. The summed E-state index contributed by atoms with van der Waals surface area (Å²) in [6.45, 7) is 3.95. The van der Waals surface area contributed by atoms with Crippen LogP contribution in [0.2, 0.25) is 0 Å². The van der Waals surface area contributed by atoms with Gasteiger partial charge in [0.05, 0.1) is 0 Å². The molecule has 2 atom stereocenters. The van der Waals surface area contributed by atoms with Crippen LogP contribution in [0, 0.1) is 5.92 Å². The van der Waals surface area contributed by atoms with Crippen molar-refractivity contribution in [2.75, 3.05) is 26.8 Å². The van der Waals surface area contributed by atoms with Crippen LogP contribution in [0.3, 0.4) is 0 Å². The Morgan fingerprint density at radius 2 is 2.42 bits per heavy atom. The predicted octanol–water partition coefficient (Wildman–Crippen LogP) is 1.36. The molecule has 1 N–H and O–H groups in total. The zero-order valence-corrected chi connectivity index (χ0v) is 7.90. The van der Waals surface area contributed by atoms with Crippen LogP contribution in [0.1, 0.15) is 19.8 Å². The molecular formula is C9H18FNO. The molecule has 1 heterocycles. The maximum absolute atomic E-state index is 13.9. The van der Waals surface area contributed by atoms with Crippen LogP contribution in [0.15, 0.2) is 0 Å². The van der Waals surface area contributed by atoms with Gasteiger partial charge in [0.1, 0.15) is 5.67 Å². The summed E-state index contributed by atoms with van der Waals surface area (Å²) < 4.78 is 18.8. The second-order valence-electron chi connectivity index (χ2n) is 3.64. The fourth-order valence-electron chi connectivity index (χ4n) is 1.65. The van der Waals surface area contributed by atoms with Crippen LogP contribution < -0.4 is 5.32 Å². The van der Waals surface area contributed by atoms with Crippen LogP contribution in [0.5, 0.6) is 0 Å². The van der Waals surface area contributed by atoms with Crippen LogP contribution in [0.4, 0.5) is 4.39 Å². The molecule has 0 aromatic carbocycles. The number of alkyl halides is 1. The summed E-state index contributed by atoms with van der Waals surface area (Å²) in [6.07, 6.45) is 1.46. The molecule has 0 aromatic rings. The van der Waals surface area contributed by atoms with E-state index in [9.17, 15) is 4.39 Å². The minimum atomic E-state index is -0.988. The van der Waals surface area contributed by atoms with Crippen LogP contribution >= 0.6 is 0 Å². The summed E-state index contributed by atoms with van der Waals surface area (Å²) in [5.74, 6) is 0.104. The Morgan fingerprint density at radius 1 is 1.67 bits per heavy atom. The molecule has 1 aliphatic heterocycles. The van der Waals surface area contributed by atoms with Crippen molar-refractivity contribution >= 4 is 0 Å². The highest BCUT2D eigenvalue weighted by Gasteiger charge is 2.38. The van der Waals surface area contributed by atoms with E-state index in [1.165, 1.54) is 0 Å². The third-order valence-corrected chi connectivity index (χ3v) is 2.77. The highest BCUT2D eigenvalue weighted by Crippen LogP contribution is 2.30. The van der Waals surface area contributed by atoms with Crippen LogP contribution in [-0.4, -0.2) is 32.5 Å². The first kappa shape index (κ1) is 9.93. The summed E-state index contributed by atoms with van der Waals surface area (Å²) in [4.78, 5) is 0. The van der Waals surface area contributed by atoms with Crippen molar-refractivity contribution in [3.8, 4) is 0 Å². The Balaban J connectivity index is 2.33. The zero-order valence-electron chi connectivity index (χ0n) is 7.90. The normalized spacial score (nSPS) is 32.2. The molecule has 1 rings (SSSR count). The van der Waals surface area contributed by atoms with Gasteiger partial charge < -0.3 is 10.1 Å². The van der Waals surface area contributed by atoms with Crippen LogP contribution in [-0.2, 0) is 4.74 Å². The van der Waals surface area contributed by atoms with Crippen molar-refractivity contribution in [3.05, 3.63) is 0 Å². The molecule has 0 spiro atoms. The third-order valence-electron chi connectivity index (χ3n) is 2.77. The van der Waals surface area contributed by atoms with Gasteiger partial charge in [-0.3, -0.25) is 0 Å². The predicted molar refractivity (Wildman–Crippen MR) is 47.0 cm³/mol. The average Bonchev–Trinajstić information content (AvgIpc) is 2.49. The molecule has 0 radical (unpaired) electrons. The Morgan fingerprint density at radius 3 is 2.92 bits per heavy atom. The molecule has 0 bridgehead atoms. The Hall–Kier alpha value is -0.150. The third kappa shape index (κ3) is 2.17. The summed E-state index contributed by atoms with van der Waals surface area (Å²) in [7, 11) is 1.66. The van der Waals surface area contributed by atoms with Crippen LogP contribution in [0.25, 0.3) is 0 Å². The van der Waals surface area contributed by atoms with Crippen molar-refractivity contribution in [2.45, 2.75) is 25.4 Å². The number of rotatable bonds is 4. The number of ether oxygens (including phenoxy) is 1. The quantitative estimate of drug-likeness (QED) is 0.696. The summed E-state index contributed by atoms with van der Waals surface area (Å²) >= 11 is 0. The Bertz CT molecular complexity index is 134. The van der Waals surface area contributed by atoms with E-state index < -0.39 is 5.67 Å². The molecule has 1 saturated heterocycles. The van der Waals surface area contributed by atoms with Crippen molar-refractivity contribution in [2.24, 2.45) is 5.92 Å². The molecule has 3 heteroatoms. The van der Waals surface area contributed by atoms with Gasteiger partial charge >= 0.3 is 0 Å². The standard InChI is InChI=1S/C9H18FNO/c1-8(3-6-12-2)9(10)4-5-11-7-9/h8,11H,3-7H2,1-2H3. The molecule has 1 aliphatic rings. The summed E-state index contributed by atoms with van der Waals surface area (Å²) in [5.41, 5.74) is -0.988. The molecule has 0 amide bonds. The molecule has 72 valence electrons. The fourth-order valence-corrected chi connectivity index (χ4v) is 1.65. The van der Waals surface area contributed by atoms with E-state index in [-0.39, 0.29) is 5.92 Å². The minimum Gasteiger partial charge on any atom is -0.385 e. The fraction of sp³-hybridized carbons (Fsp3) is 1.00. The molecule has 2 unspecified atom stereocenters. The van der Waals surface area contributed by atoms with E-state index in [0.29, 0.717) is 19.6 Å². The van der Waals surface area contributed by atoms with E-state index >= 15 is 0 Å². The molecule has 0 saturated carbocycles. The first-order valence-electron chi connectivity index (χ1n) is 4.57. The van der Waals surface area contributed by atoms with Gasteiger partial charge in [0.2, 0.25) is 0 Å². The molecule has 0 aliphatic carbocycles. The lowest BCUT2D eigenvalue weighted by molar-refractivity contribution is 0.0818. The van der Waals surface area contributed by atoms with E-state index in [1.807, 2.05) is 6.92 Å². The number of halogens is 1. The molecule has 12 heavy (non-hydrogen) atoms. The topological polar surface area (TPSA) is 21.3 Å². The van der Waals surface area contributed by atoms with E-state index in [2.05, 4.69) is 5.32 Å². The van der Waals surface area contributed by atoms with Gasteiger partial charge in [0, 0.05) is 20.3 Å². The maximum atomic E-state index is 13.9. The lowest BCUT2D eigenvalue weighted by Gasteiger charge is -2.25. The maximum Gasteiger partial charge on any atom is 0.127 e. The van der Waals surface area contributed by atoms with Crippen molar-refractivity contribution in [1.29, 1.82) is 0 Å². The van der Waals surface area contributed by atoms with Gasteiger partial charge in [0.25, 0.3) is 0 Å². The Kier molecular flexibility index (Phi) is 3.47. The minimum absolute atomic E-state index is 0.104. The number of nitrogens with one attached hydrogen (secondary N) is 1. The van der Waals surface area contributed by atoms with E-state index in [0.717, 1.165) is 13.0 Å². The lowest BCUT2D eigenvalue weighted by Crippen LogP contribution is -2.34. The van der Waals surface area contributed by atoms with Gasteiger partial charge in [-0.15, -0.1) is 0 Å². The molecule has 2 nitrogen and oxygen atoms in total. The van der Waals surface area contributed by atoms with E-state index in [1.54, 1.807) is 7.11 Å². The molecule has 0 aromatic heterocycles. The average molecular weight is 175 g/mol. The smallest absolute Gasteiger partial charge is 0.127 e. The van der Waals surface area contributed by atoms with Crippen molar-refractivity contribution in [3.63, 3.8) is 0 Å². The van der Waals surface area contributed by atoms with Gasteiger partial charge in [-0.2, -0.15) is 0 Å². The molecule has 1 fully saturated rings. The SMILES string of the molecule is COCCC(C)C1(F)CCNC1. The number of hydrogen-bond donors (Lipinski definition) is 1. The zero-order chi connectivity index (χ0) is 9.03. The second kappa shape index (κ2) is 4.19. The number of methoxy groups -OCH3 is 1. The Labute approximate surface area is 73.5 Å². The number of hydrogen-bond acceptors (Lipinski definition) is 2. The highest BCUT2D eigenvalue weighted by molar-refractivity contribution is 4.92. The first-order valence-corrected chi connectivity index (χ1v) is 4.57. The van der Waals surface area contributed by atoms with Gasteiger partial charge in [-0.25, -0.2) is 4.39 Å². The molecular weight excluding hydrogens is 157 g/mol. The summed E-state index contributed by atoms with van der Waals surface area (Å²) in [6, 6.07) is 0.